The molecule has 0 saturated carbocycles. The van der Waals surface area contributed by atoms with Crippen LogP contribution in [0.25, 0.3) is 0 Å². The van der Waals surface area contributed by atoms with Crippen molar-refractivity contribution in [1.82, 2.24) is 0 Å². The first-order valence-electron chi connectivity index (χ1n) is 8.36. The van der Waals surface area contributed by atoms with Gasteiger partial charge in [0.25, 0.3) is 0 Å². The molecule has 0 spiro atoms. The van der Waals surface area contributed by atoms with Gasteiger partial charge in [-0.15, -0.1) is 0 Å². The Morgan fingerprint density at radius 2 is 1.36 bits per heavy atom. The summed E-state index contributed by atoms with van der Waals surface area (Å²) >= 11 is 0. The summed E-state index contributed by atoms with van der Waals surface area (Å²) in [6.45, 7) is 4.00. The fraction of sp³-hybridized carbons (Fsp3) is 0.200. The Labute approximate surface area is 160 Å². The molecule has 8 heteroatoms. The first-order chi connectivity index (χ1) is 13.2. The summed E-state index contributed by atoms with van der Waals surface area (Å²) in [6.07, 6.45) is -1.12. The molecule has 2 N–H and O–H groups in total. The fourth-order valence-electron chi connectivity index (χ4n) is 2.43. The Balaban J connectivity index is 2.21. The highest BCUT2D eigenvalue weighted by molar-refractivity contribution is 6.02. The number of carbonyl (C=O) groups is 4. The van der Waals surface area contributed by atoms with E-state index in [0.29, 0.717) is 0 Å². The Morgan fingerprint density at radius 1 is 0.857 bits per heavy atom. The lowest BCUT2D eigenvalue weighted by molar-refractivity contribution is -0.115. The van der Waals surface area contributed by atoms with Crippen LogP contribution in [0.4, 0.5) is 15.8 Å². The van der Waals surface area contributed by atoms with Crippen molar-refractivity contribution in [3.05, 3.63) is 59.4 Å². The number of hydrogen-bond acceptors (Lipinski definition) is 5. The average Bonchev–Trinajstić information content (AvgIpc) is 2.60. The number of rotatable bonds is 6. The van der Waals surface area contributed by atoms with Crippen molar-refractivity contribution in [1.29, 1.82) is 0 Å². The van der Waals surface area contributed by atoms with E-state index in [-0.39, 0.29) is 34.3 Å². The molecule has 1 unspecified atom stereocenters. The molecule has 7 nitrogen and oxygen atoms in total. The molecule has 146 valence electrons. The van der Waals surface area contributed by atoms with Crippen molar-refractivity contribution in [2.24, 2.45) is 0 Å². The predicted octanol–water partition coefficient (Wildman–Crippen LogP) is 3.17. The highest BCUT2D eigenvalue weighted by Crippen LogP contribution is 2.21. The minimum Gasteiger partial charge on any atom is -0.451 e. The van der Waals surface area contributed by atoms with Gasteiger partial charge in [0.2, 0.25) is 17.6 Å². The topological polar surface area (TPSA) is 102 Å². The molecule has 0 aliphatic heterocycles. The zero-order valence-electron chi connectivity index (χ0n) is 15.5. The van der Waals surface area contributed by atoms with Crippen molar-refractivity contribution in [3.8, 4) is 0 Å². The SMILES string of the molecule is CC(=O)Nc1cc(NC(C)=O)cc(C(=O)OC(C)C(=O)c2ccc(F)cc2)c1. The molecular formula is C20H19FN2O5. The molecule has 0 radical (unpaired) electrons. The Kier molecular flexibility index (Phi) is 6.59. The second-order valence-electron chi connectivity index (χ2n) is 6.08. The van der Waals surface area contributed by atoms with Gasteiger partial charge in [-0.3, -0.25) is 14.4 Å². The van der Waals surface area contributed by atoms with Gasteiger partial charge in [-0.1, -0.05) is 0 Å². The van der Waals surface area contributed by atoms with Crippen LogP contribution in [0.15, 0.2) is 42.5 Å². The van der Waals surface area contributed by atoms with Crippen molar-refractivity contribution < 1.29 is 28.3 Å². The van der Waals surface area contributed by atoms with Crippen LogP contribution in [0.3, 0.4) is 0 Å². The maximum atomic E-state index is 13.0. The molecular weight excluding hydrogens is 367 g/mol. The first-order valence-corrected chi connectivity index (χ1v) is 8.36. The predicted molar refractivity (Wildman–Crippen MR) is 101 cm³/mol. The molecule has 28 heavy (non-hydrogen) atoms. The van der Waals surface area contributed by atoms with Crippen LogP contribution in [0, 0.1) is 5.82 Å². The number of carbonyl (C=O) groups excluding carboxylic acids is 4. The lowest BCUT2D eigenvalue weighted by Crippen LogP contribution is -2.24. The number of ketones is 1. The second kappa shape index (κ2) is 8.90. The minimum atomic E-state index is -1.12. The zero-order valence-corrected chi connectivity index (χ0v) is 15.5. The highest BCUT2D eigenvalue weighted by Gasteiger charge is 2.21. The first kappa shape index (κ1) is 20.8. The minimum absolute atomic E-state index is 0.0359. The van der Waals surface area contributed by atoms with E-state index in [1.54, 1.807) is 0 Å². The Morgan fingerprint density at radius 3 is 1.82 bits per heavy atom. The molecule has 0 aromatic heterocycles. The molecule has 0 heterocycles. The summed E-state index contributed by atoms with van der Waals surface area (Å²) in [7, 11) is 0. The molecule has 2 aromatic rings. The van der Waals surface area contributed by atoms with Gasteiger partial charge < -0.3 is 15.4 Å². The normalized spacial score (nSPS) is 11.3. The quantitative estimate of drug-likeness (QED) is 0.587. The Bertz CT molecular complexity index is 890. The largest absolute Gasteiger partial charge is 0.451 e. The Hall–Kier alpha value is -3.55. The third kappa shape index (κ3) is 5.73. The van der Waals surface area contributed by atoms with Crippen LogP contribution in [0.2, 0.25) is 0 Å². The van der Waals surface area contributed by atoms with Crippen LogP contribution in [-0.4, -0.2) is 29.7 Å². The number of nitrogens with one attached hydrogen (secondary N) is 2. The number of amides is 2. The number of hydrogen-bond donors (Lipinski definition) is 2. The number of halogens is 1. The molecule has 0 aliphatic rings. The van der Waals surface area contributed by atoms with Crippen LogP contribution < -0.4 is 10.6 Å². The molecule has 2 amide bonds. The summed E-state index contributed by atoms with van der Waals surface area (Å²) in [4.78, 5) is 47.4. The van der Waals surface area contributed by atoms with E-state index < -0.39 is 23.7 Å². The number of ether oxygens (including phenoxy) is 1. The zero-order chi connectivity index (χ0) is 20.8. The van der Waals surface area contributed by atoms with Crippen LogP contribution in [0.1, 0.15) is 41.5 Å². The smallest absolute Gasteiger partial charge is 0.338 e. The van der Waals surface area contributed by atoms with E-state index >= 15 is 0 Å². The van der Waals surface area contributed by atoms with E-state index in [2.05, 4.69) is 10.6 Å². The number of benzene rings is 2. The molecule has 2 aromatic carbocycles. The van der Waals surface area contributed by atoms with Crippen molar-refractivity contribution in [2.45, 2.75) is 26.9 Å². The van der Waals surface area contributed by atoms with Gasteiger partial charge in [-0.2, -0.15) is 0 Å². The van der Waals surface area contributed by atoms with Crippen LogP contribution in [0.5, 0.6) is 0 Å². The van der Waals surface area contributed by atoms with Gasteiger partial charge in [0, 0.05) is 30.8 Å². The lowest BCUT2D eigenvalue weighted by atomic mass is 10.1. The standard InChI is InChI=1S/C20H19FN2O5/c1-11(19(26)14-4-6-16(21)7-5-14)28-20(27)15-8-17(22-12(2)24)10-18(9-15)23-13(3)25/h4-11H,1-3H3,(H,22,24)(H,23,25). The van der Waals surface area contributed by atoms with E-state index in [1.165, 1.54) is 51.1 Å². The number of esters is 1. The van der Waals surface area contributed by atoms with Gasteiger partial charge in [0.1, 0.15) is 5.82 Å². The molecule has 0 saturated heterocycles. The average molecular weight is 386 g/mol. The summed E-state index contributed by atoms with van der Waals surface area (Å²) < 4.78 is 18.2. The monoisotopic (exact) mass is 386 g/mol. The summed E-state index contributed by atoms with van der Waals surface area (Å²) in [6, 6.07) is 9.08. The van der Waals surface area contributed by atoms with Gasteiger partial charge in [-0.05, 0) is 49.4 Å². The van der Waals surface area contributed by atoms with E-state index in [1.807, 2.05) is 0 Å². The molecule has 2 rings (SSSR count). The summed E-state index contributed by atoms with van der Waals surface area (Å²) in [5.41, 5.74) is 0.799. The van der Waals surface area contributed by atoms with Gasteiger partial charge in [0.15, 0.2) is 6.10 Å². The fourth-order valence-corrected chi connectivity index (χ4v) is 2.43. The van der Waals surface area contributed by atoms with Crippen LogP contribution in [-0.2, 0) is 14.3 Å². The molecule has 0 aliphatic carbocycles. The third-order valence-corrected chi connectivity index (χ3v) is 3.59. The van der Waals surface area contributed by atoms with Crippen molar-refractivity contribution in [3.63, 3.8) is 0 Å². The van der Waals surface area contributed by atoms with E-state index in [0.717, 1.165) is 12.1 Å². The second-order valence-corrected chi connectivity index (χ2v) is 6.08. The van der Waals surface area contributed by atoms with E-state index in [9.17, 15) is 23.6 Å². The van der Waals surface area contributed by atoms with Gasteiger partial charge >= 0.3 is 5.97 Å². The molecule has 1 atom stereocenters. The van der Waals surface area contributed by atoms with Gasteiger partial charge in [0.05, 0.1) is 5.56 Å². The number of Topliss-reactive ketones (excluding diaryl/α,β-unsaturated/α-hetero) is 1. The van der Waals surface area contributed by atoms with Gasteiger partial charge in [-0.25, -0.2) is 9.18 Å². The van der Waals surface area contributed by atoms with E-state index in [4.69, 9.17) is 4.74 Å². The lowest BCUT2D eigenvalue weighted by Gasteiger charge is -2.14. The maximum absolute atomic E-state index is 13.0. The van der Waals surface area contributed by atoms with Crippen LogP contribution >= 0.6 is 0 Å². The maximum Gasteiger partial charge on any atom is 0.338 e. The highest BCUT2D eigenvalue weighted by atomic mass is 19.1. The molecule has 0 bridgehead atoms. The summed E-state index contributed by atoms with van der Waals surface area (Å²) in [5, 5.41) is 5.04. The van der Waals surface area contributed by atoms with Crippen molar-refractivity contribution >= 4 is 34.9 Å². The third-order valence-electron chi connectivity index (χ3n) is 3.59. The van der Waals surface area contributed by atoms with Crippen molar-refractivity contribution in [2.75, 3.05) is 10.6 Å². The number of anilines is 2. The molecule has 0 fully saturated rings. The summed E-state index contributed by atoms with van der Waals surface area (Å²) in [5.74, 6) is -2.52.